The molecule has 4 aromatic rings. The van der Waals surface area contributed by atoms with E-state index in [2.05, 4.69) is 15.5 Å². The van der Waals surface area contributed by atoms with Gasteiger partial charge in [-0.2, -0.15) is 0 Å². The Morgan fingerprint density at radius 2 is 1.88 bits per heavy atom. The van der Waals surface area contributed by atoms with Crippen LogP contribution in [0.1, 0.15) is 0 Å². The molecule has 1 atom stereocenters. The zero-order valence-electron chi connectivity index (χ0n) is 17.0. The van der Waals surface area contributed by atoms with Crippen molar-refractivity contribution in [3.05, 3.63) is 72.1 Å². The van der Waals surface area contributed by atoms with Gasteiger partial charge in [0, 0.05) is 5.69 Å². The Kier molecular flexibility index (Phi) is 6.09. The number of ether oxygens (including phenoxy) is 2. The number of nitrogens with zero attached hydrogens (tertiary/aromatic N) is 3. The van der Waals surface area contributed by atoms with Gasteiger partial charge in [-0.15, -0.1) is 21.5 Å². The summed E-state index contributed by atoms with van der Waals surface area (Å²) in [5, 5.41) is 14.3. The fourth-order valence-corrected chi connectivity index (χ4v) is 4.79. The summed E-state index contributed by atoms with van der Waals surface area (Å²) in [4.78, 5) is 13.5. The fourth-order valence-electron chi connectivity index (χ4n) is 3.31. The van der Waals surface area contributed by atoms with Gasteiger partial charge in [0.15, 0.2) is 22.5 Å². The van der Waals surface area contributed by atoms with Gasteiger partial charge in [-0.1, -0.05) is 48.2 Å². The molecular weight excluding hydrogens is 444 g/mol. The first-order chi connectivity index (χ1) is 15.8. The topological polar surface area (TPSA) is 78.3 Å². The van der Waals surface area contributed by atoms with Crippen LogP contribution in [0.4, 0.5) is 0 Å². The summed E-state index contributed by atoms with van der Waals surface area (Å²) in [6.45, 7) is 0.774. The minimum Gasteiger partial charge on any atom is -0.486 e. The van der Waals surface area contributed by atoms with Crippen LogP contribution < -0.4 is 14.8 Å². The minimum atomic E-state index is -0.225. The first-order valence-electron chi connectivity index (χ1n) is 10.1. The van der Waals surface area contributed by atoms with Gasteiger partial charge >= 0.3 is 0 Å². The Bertz CT molecular complexity index is 1200. The number of aromatic nitrogens is 3. The highest BCUT2D eigenvalue weighted by molar-refractivity contribution is 7.99. The molecule has 1 aliphatic rings. The number of benzene rings is 2. The Morgan fingerprint density at radius 3 is 2.69 bits per heavy atom. The van der Waals surface area contributed by atoms with Crippen molar-refractivity contribution in [3.63, 3.8) is 0 Å². The first-order valence-corrected chi connectivity index (χ1v) is 12.0. The van der Waals surface area contributed by atoms with Crippen molar-refractivity contribution >= 4 is 29.0 Å². The zero-order chi connectivity index (χ0) is 21.8. The summed E-state index contributed by atoms with van der Waals surface area (Å²) in [5.41, 5.74) is 0.954. The van der Waals surface area contributed by atoms with Crippen LogP contribution in [-0.2, 0) is 4.79 Å². The van der Waals surface area contributed by atoms with Gasteiger partial charge in [-0.25, -0.2) is 0 Å². The predicted molar refractivity (Wildman–Crippen MR) is 125 cm³/mol. The quantitative estimate of drug-likeness (QED) is 0.416. The lowest BCUT2D eigenvalue weighted by molar-refractivity contribution is -0.119. The van der Waals surface area contributed by atoms with Crippen molar-refractivity contribution in [1.29, 1.82) is 0 Å². The molecule has 0 saturated carbocycles. The summed E-state index contributed by atoms with van der Waals surface area (Å²) in [7, 11) is 0. The third-order valence-electron chi connectivity index (χ3n) is 4.82. The van der Waals surface area contributed by atoms with Crippen LogP contribution >= 0.6 is 23.1 Å². The summed E-state index contributed by atoms with van der Waals surface area (Å²) < 4.78 is 13.6. The van der Waals surface area contributed by atoms with Crippen LogP contribution in [0.3, 0.4) is 0 Å². The predicted octanol–water partition coefficient (Wildman–Crippen LogP) is 4.04. The molecule has 0 bridgehead atoms. The molecule has 1 amide bonds. The molecule has 162 valence electrons. The molecule has 1 N–H and O–H groups in total. The summed E-state index contributed by atoms with van der Waals surface area (Å²) in [6, 6.07) is 21.4. The average Bonchev–Trinajstić information content (AvgIpc) is 3.52. The van der Waals surface area contributed by atoms with Crippen LogP contribution in [0.25, 0.3) is 16.4 Å². The average molecular weight is 465 g/mol. The van der Waals surface area contributed by atoms with Crippen LogP contribution in [0.2, 0.25) is 0 Å². The number of amides is 1. The van der Waals surface area contributed by atoms with Crippen molar-refractivity contribution in [1.82, 2.24) is 20.1 Å². The SMILES string of the molecule is O=C(CSc1nnc(-c2cccs2)n1-c1ccccc1)NC[C@@H]1COc2ccccc2O1. The van der Waals surface area contributed by atoms with Crippen LogP contribution in [0.5, 0.6) is 11.5 Å². The van der Waals surface area contributed by atoms with Gasteiger partial charge < -0.3 is 14.8 Å². The van der Waals surface area contributed by atoms with Gasteiger partial charge in [-0.3, -0.25) is 9.36 Å². The summed E-state index contributed by atoms with van der Waals surface area (Å²) >= 11 is 2.96. The number of nitrogens with one attached hydrogen (secondary N) is 1. The molecule has 0 aliphatic carbocycles. The Balaban J connectivity index is 1.23. The molecule has 2 aromatic carbocycles. The van der Waals surface area contributed by atoms with Gasteiger partial charge in [-0.05, 0) is 35.7 Å². The standard InChI is InChI=1S/C23H20N4O3S2/c28-21(24-13-17-14-29-18-9-4-5-10-19(18)30-17)15-32-23-26-25-22(20-11-6-12-31-20)27(23)16-7-2-1-3-8-16/h1-12,17H,13-15H2,(H,24,28)/t17-/m1/s1. The lowest BCUT2D eigenvalue weighted by Crippen LogP contribution is -2.41. The van der Waals surface area contributed by atoms with Gasteiger partial charge in [0.05, 0.1) is 17.2 Å². The number of fused-ring (bicyclic) bond motifs is 1. The molecule has 9 heteroatoms. The van der Waals surface area contributed by atoms with Crippen LogP contribution in [0.15, 0.2) is 77.3 Å². The maximum Gasteiger partial charge on any atom is 0.230 e. The van der Waals surface area contributed by atoms with E-state index in [1.807, 2.05) is 76.7 Å². The Hall–Kier alpha value is -3.30. The molecule has 2 aromatic heterocycles. The minimum absolute atomic E-state index is 0.0993. The highest BCUT2D eigenvalue weighted by Gasteiger charge is 2.22. The molecule has 1 aliphatic heterocycles. The molecule has 3 heterocycles. The van der Waals surface area contributed by atoms with E-state index in [1.165, 1.54) is 11.8 Å². The number of carbonyl (C=O) groups excluding carboxylic acids is 1. The normalized spacial score (nSPS) is 14.8. The van der Waals surface area contributed by atoms with Crippen LogP contribution in [0, 0.1) is 0 Å². The molecule has 0 fully saturated rings. The maximum absolute atomic E-state index is 12.5. The van der Waals surface area contributed by atoms with Crippen molar-refractivity contribution in [3.8, 4) is 27.9 Å². The van der Waals surface area contributed by atoms with Gasteiger partial charge in [0.2, 0.25) is 5.91 Å². The molecule has 32 heavy (non-hydrogen) atoms. The number of hydrogen-bond acceptors (Lipinski definition) is 7. The van der Waals surface area contributed by atoms with E-state index in [-0.39, 0.29) is 17.8 Å². The molecule has 7 nitrogen and oxygen atoms in total. The van der Waals surface area contributed by atoms with Gasteiger partial charge in [0.1, 0.15) is 12.7 Å². The van der Waals surface area contributed by atoms with Crippen molar-refractivity contribution in [2.75, 3.05) is 18.9 Å². The number of hydrogen-bond donors (Lipinski definition) is 1. The first kappa shape index (κ1) is 20.6. The molecule has 0 unspecified atom stereocenters. The zero-order valence-corrected chi connectivity index (χ0v) is 18.6. The maximum atomic E-state index is 12.5. The third-order valence-corrected chi connectivity index (χ3v) is 6.61. The number of para-hydroxylation sites is 3. The van der Waals surface area contributed by atoms with E-state index < -0.39 is 0 Å². The second-order valence-corrected chi connectivity index (χ2v) is 8.93. The fraction of sp³-hybridized carbons (Fsp3) is 0.174. The molecular formula is C23H20N4O3S2. The third kappa shape index (κ3) is 4.49. The Morgan fingerprint density at radius 1 is 1.06 bits per heavy atom. The van der Waals surface area contributed by atoms with Gasteiger partial charge in [0.25, 0.3) is 0 Å². The van der Waals surface area contributed by atoms with E-state index in [0.717, 1.165) is 22.1 Å². The summed E-state index contributed by atoms with van der Waals surface area (Å²) in [6.07, 6.45) is -0.225. The van der Waals surface area contributed by atoms with E-state index in [9.17, 15) is 4.79 Å². The monoisotopic (exact) mass is 464 g/mol. The highest BCUT2D eigenvalue weighted by Crippen LogP contribution is 2.31. The number of thioether (sulfide) groups is 1. The highest BCUT2D eigenvalue weighted by atomic mass is 32.2. The Labute approximate surface area is 193 Å². The van der Waals surface area contributed by atoms with Crippen molar-refractivity contribution < 1.29 is 14.3 Å². The molecule has 0 saturated heterocycles. The van der Waals surface area contributed by atoms with E-state index in [1.54, 1.807) is 11.3 Å². The second-order valence-electron chi connectivity index (χ2n) is 7.04. The van der Waals surface area contributed by atoms with E-state index in [0.29, 0.717) is 24.1 Å². The number of rotatable bonds is 7. The van der Waals surface area contributed by atoms with E-state index in [4.69, 9.17) is 9.47 Å². The summed E-state index contributed by atoms with van der Waals surface area (Å²) in [5.74, 6) is 2.31. The van der Waals surface area contributed by atoms with Crippen molar-refractivity contribution in [2.24, 2.45) is 0 Å². The van der Waals surface area contributed by atoms with Crippen molar-refractivity contribution in [2.45, 2.75) is 11.3 Å². The number of carbonyl (C=O) groups is 1. The number of thiophene rings is 1. The smallest absolute Gasteiger partial charge is 0.230 e. The largest absolute Gasteiger partial charge is 0.486 e. The second kappa shape index (κ2) is 9.46. The lowest BCUT2D eigenvalue weighted by Gasteiger charge is -2.26. The van der Waals surface area contributed by atoms with Crippen LogP contribution in [-0.4, -0.2) is 45.7 Å². The molecule has 0 radical (unpaired) electrons. The van der Waals surface area contributed by atoms with E-state index >= 15 is 0 Å². The molecule has 5 rings (SSSR count). The molecule has 0 spiro atoms. The lowest BCUT2D eigenvalue weighted by atomic mass is 10.2.